The van der Waals surface area contributed by atoms with Crippen LogP contribution in [0.2, 0.25) is 0 Å². The van der Waals surface area contributed by atoms with Crippen molar-refractivity contribution in [1.29, 1.82) is 0 Å². The number of aliphatic hydroxyl groups is 1. The first kappa shape index (κ1) is 7.61. The van der Waals surface area contributed by atoms with Crippen LogP contribution in [0.4, 0.5) is 0 Å². The van der Waals surface area contributed by atoms with Crippen molar-refractivity contribution in [3.8, 4) is 0 Å². The standard InChI is InChI=1S/C8H14O2/c1-7(9)8(2)3-5-10-6-4-8/h9H,1,3-6H2,2H3. The van der Waals surface area contributed by atoms with Crippen molar-refractivity contribution in [3.05, 3.63) is 12.3 Å². The summed E-state index contributed by atoms with van der Waals surface area (Å²) in [5.41, 5.74) is -0.0851. The summed E-state index contributed by atoms with van der Waals surface area (Å²) in [6, 6.07) is 0. The Morgan fingerprint density at radius 2 is 2.00 bits per heavy atom. The van der Waals surface area contributed by atoms with E-state index in [1.807, 2.05) is 6.92 Å². The highest BCUT2D eigenvalue weighted by Crippen LogP contribution is 2.34. The second kappa shape index (κ2) is 2.62. The Bertz CT molecular complexity index is 134. The molecule has 1 heterocycles. The molecule has 0 saturated carbocycles. The quantitative estimate of drug-likeness (QED) is 0.566. The zero-order valence-corrected chi connectivity index (χ0v) is 6.39. The molecule has 2 heteroatoms. The lowest BCUT2D eigenvalue weighted by atomic mass is 9.81. The summed E-state index contributed by atoms with van der Waals surface area (Å²) in [5, 5.41) is 9.19. The second-order valence-electron chi connectivity index (χ2n) is 3.12. The molecule has 0 atom stereocenters. The normalized spacial score (nSPS) is 24.1. The van der Waals surface area contributed by atoms with Crippen molar-refractivity contribution in [1.82, 2.24) is 0 Å². The monoisotopic (exact) mass is 142 g/mol. The highest BCUT2D eigenvalue weighted by molar-refractivity contribution is 5.00. The van der Waals surface area contributed by atoms with Crippen LogP contribution in [0.25, 0.3) is 0 Å². The Labute approximate surface area is 61.5 Å². The van der Waals surface area contributed by atoms with Crippen LogP contribution in [0.1, 0.15) is 19.8 Å². The van der Waals surface area contributed by atoms with Crippen molar-refractivity contribution in [3.63, 3.8) is 0 Å². The molecule has 0 aliphatic carbocycles. The SMILES string of the molecule is C=C(O)C1(C)CCOCC1. The summed E-state index contributed by atoms with van der Waals surface area (Å²) in [7, 11) is 0. The van der Waals surface area contributed by atoms with Crippen LogP contribution in [-0.2, 0) is 4.74 Å². The van der Waals surface area contributed by atoms with E-state index in [1.165, 1.54) is 0 Å². The fourth-order valence-corrected chi connectivity index (χ4v) is 1.11. The summed E-state index contributed by atoms with van der Waals surface area (Å²) >= 11 is 0. The minimum Gasteiger partial charge on any atom is -0.512 e. The summed E-state index contributed by atoms with van der Waals surface area (Å²) in [6.45, 7) is 7.07. The maximum atomic E-state index is 9.19. The highest BCUT2D eigenvalue weighted by Gasteiger charge is 2.29. The highest BCUT2D eigenvalue weighted by atomic mass is 16.5. The van der Waals surface area contributed by atoms with E-state index in [0.717, 1.165) is 26.1 Å². The third-order valence-electron chi connectivity index (χ3n) is 2.29. The van der Waals surface area contributed by atoms with Gasteiger partial charge in [0.2, 0.25) is 0 Å². The zero-order chi connectivity index (χ0) is 7.61. The largest absolute Gasteiger partial charge is 0.512 e. The molecule has 0 unspecified atom stereocenters. The summed E-state index contributed by atoms with van der Waals surface area (Å²) in [5.74, 6) is 0.302. The summed E-state index contributed by atoms with van der Waals surface area (Å²) in [4.78, 5) is 0. The van der Waals surface area contributed by atoms with E-state index in [2.05, 4.69) is 6.58 Å². The van der Waals surface area contributed by atoms with Gasteiger partial charge in [-0.3, -0.25) is 0 Å². The van der Waals surface area contributed by atoms with E-state index in [0.29, 0.717) is 5.76 Å². The lowest BCUT2D eigenvalue weighted by Gasteiger charge is -2.32. The lowest BCUT2D eigenvalue weighted by molar-refractivity contribution is 0.0227. The first-order chi connectivity index (χ1) is 4.65. The number of hydrogen-bond acceptors (Lipinski definition) is 2. The van der Waals surface area contributed by atoms with E-state index in [1.54, 1.807) is 0 Å². The molecule has 1 aliphatic heterocycles. The Kier molecular flexibility index (Phi) is 2.00. The van der Waals surface area contributed by atoms with E-state index < -0.39 is 0 Å². The molecule has 0 aromatic carbocycles. The van der Waals surface area contributed by atoms with Crippen molar-refractivity contribution in [2.75, 3.05) is 13.2 Å². The van der Waals surface area contributed by atoms with E-state index >= 15 is 0 Å². The third kappa shape index (κ3) is 1.32. The van der Waals surface area contributed by atoms with Crippen LogP contribution < -0.4 is 0 Å². The minimum absolute atomic E-state index is 0.0851. The minimum atomic E-state index is -0.0851. The molecule has 0 aromatic rings. The molecule has 58 valence electrons. The number of hydrogen-bond donors (Lipinski definition) is 1. The molecule has 1 N–H and O–H groups in total. The van der Waals surface area contributed by atoms with Gasteiger partial charge in [0.15, 0.2) is 0 Å². The van der Waals surface area contributed by atoms with Crippen molar-refractivity contribution in [2.45, 2.75) is 19.8 Å². The van der Waals surface area contributed by atoms with E-state index in [-0.39, 0.29) is 5.41 Å². The average Bonchev–Trinajstić information content (AvgIpc) is 1.89. The van der Waals surface area contributed by atoms with E-state index in [9.17, 15) is 5.11 Å². The third-order valence-corrected chi connectivity index (χ3v) is 2.29. The van der Waals surface area contributed by atoms with Crippen molar-refractivity contribution < 1.29 is 9.84 Å². The van der Waals surface area contributed by atoms with Crippen LogP contribution in [0.3, 0.4) is 0 Å². The fraction of sp³-hybridized carbons (Fsp3) is 0.750. The molecule has 1 rings (SSSR count). The van der Waals surface area contributed by atoms with Gasteiger partial charge in [-0.1, -0.05) is 13.5 Å². The summed E-state index contributed by atoms with van der Waals surface area (Å²) < 4.78 is 5.16. The first-order valence-corrected chi connectivity index (χ1v) is 3.61. The van der Waals surface area contributed by atoms with Gasteiger partial charge in [-0.25, -0.2) is 0 Å². The second-order valence-corrected chi connectivity index (χ2v) is 3.12. The smallest absolute Gasteiger partial charge is 0.0911 e. The van der Waals surface area contributed by atoms with Crippen LogP contribution in [0.15, 0.2) is 12.3 Å². The van der Waals surface area contributed by atoms with Gasteiger partial charge in [-0.2, -0.15) is 0 Å². The molecule has 1 fully saturated rings. The Morgan fingerprint density at radius 3 is 2.30 bits per heavy atom. The van der Waals surface area contributed by atoms with Gasteiger partial charge in [0.1, 0.15) is 0 Å². The predicted molar refractivity (Wildman–Crippen MR) is 39.9 cm³/mol. The number of ether oxygens (including phenoxy) is 1. The van der Waals surface area contributed by atoms with Crippen LogP contribution >= 0.6 is 0 Å². The first-order valence-electron chi connectivity index (χ1n) is 3.61. The number of allylic oxidation sites excluding steroid dienone is 1. The molecule has 0 amide bonds. The zero-order valence-electron chi connectivity index (χ0n) is 6.39. The average molecular weight is 142 g/mol. The molecule has 2 nitrogen and oxygen atoms in total. The molecule has 0 spiro atoms. The van der Waals surface area contributed by atoms with Gasteiger partial charge in [0.05, 0.1) is 5.76 Å². The topological polar surface area (TPSA) is 29.5 Å². The van der Waals surface area contributed by atoms with Gasteiger partial charge in [0, 0.05) is 18.6 Å². The van der Waals surface area contributed by atoms with Crippen molar-refractivity contribution >= 4 is 0 Å². The Balaban J connectivity index is 2.56. The molecule has 1 saturated heterocycles. The summed E-state index contributed by atoms with van der Waals surface area (Å²) in [6.07, 6.45) is 1.78. The van der Waals surface area contributed by atoms with Gasteiger partial charge in [-0.15, -0.1) is 0 Å². The Morgan fingerprint density at radius 1 is 1.50 bits per heavy atom. The molecule has 0 bridgehead atoms. The molecule has 0 aromatic heterocycles. The Hall–Kier alpha value is -0.500. The van der Waals surface area contributed by atoms with Gasteiger partial charge in [0.25, 0.3) is 0 Å². The van der Waals surface area contributed by atoms with Gasteiger partial charge >= 0.3 is 0 Å². The molecular weight excluding hydrogens is 128 g/mol. The maximum absolute atomic E-state index is 9.19. The molecular formula is C8H14O2. The predicted octanol–water partition coefficient (Wildman–Crippen LogP) is 1.87. The molecule has 1 aliphatic rings. The lowest BCUT2D eigenvalue weighted by Crippen LogP contribution is -2.27. The van der Waals surface area contributed by atoms with Crippen molar-refractivity contribution in [2.24, 2.45) is 5.41 Å². The number of rotatable bonds is 1. The molecule has 10 heavy (non-hydrogen) atoms. The van der Waals surface area contributed by atoms with Crippen LogP contribution in [-0.4, -0.2) is 18.3 Å². The maximum Gasteiger partial charge on any atom is 0.0911 e. The van der Waals surface area contributed by atoms with E-state index in [4.69, 9.17) is 4.74 Å². The van der Waals surface area contributed by atoms with Gasteiger partial charge < -0.3 is 9.84 Å². The fourth-order valence-electron chi connectivity index (χ4n) is 1.11. The van der Waals surface area contributed by atoms with Crippen LogP contribution in [0, 0.1) is 5.41 Å². The van der Waals surface area contributed by atoms with Crippen LogP contribution in [0.5, 0.6) is 0 Å². The number of aliphatic hydroxyl groups excluding tert-OH is 1. The van der Waals surface area contributed by atoms with Gasteiger partial charge in [-0.05, 0) is 12.8 Å². The molecule has 0 radical (unpaired) electrons.